The van der Waals surface area contributed by atoms with Crippen molar-refractivity contribution < 1.29 is 19.2 Å². The molecule has 0 bridgehead atoms. The number of rotatable bonds is 10. The number of halogens is 4. The average Bonchev–Trinajstić information content (AvgIpc) is 3.21. The van der Waals surface area contributed by atoms with Crippen molar-refractivity contribution in [3.8, 4) is 0 Å². The summed E-state index contributed by atoms with van der Waals surface area (Å²) >= 11 is 15.9. The van der Waals surface area contributed by atoms with Crippen molar-refractivity contribution in [3.05, 3.63) is 172 Å². The Labute approximate surface area is 376 Å². The number of aryl methyl sites for hydroxylation is 2. The first-order valence-corrected chi connectivity index (χ1v) is 20.6. The lowest BCUT2D eigenvalue weighted by atomic mass is 10.1. The fraction of sp³-hybridized carbons (Fsp3) is 0.0909. The van der Waals surface area contributed by atoms with Gasteiger partial charge in [-0.05, 0) is 139 Å². The van der Waals surface area contributed by atoms with Gasteiger partial charge in [0.2, 0.25) is 0 Å². The van der Waals surface area contributed by atoms with Gasteiger partial charge in [-0.15, -0.1) is 0 Å². The lowest BCUT2D eigenvalue weighted by molar-refractivity contribution is 0.101. The Morgan fingerprint density at radius 2 is 0.883 bits per heavy atom. The Bertz CT molecular complexity index is 2440. The van der Waals surface area contributed by atoms with E-state index in [1.807, 2.05) is 19.1 Å². The molecule has 4 amide bonds. The molecule has 0 aliphatic carbocycles. The van der Waals surface area contributed by atoms with E-state index in [4.69, 9.17) is 22.4 Å². The highest BCUT2D eigenvalue weighted by Crippen LogP contribution is 2.29. The predicted molar refractivity (Wildman–Crippen MR) is 249 cm³/mol. The fourth-order valence-corrected chi connectivity index (χ4v) is 7.05. The Morgan fingerprint density at radius 1 is 0.500 bits per heavy atom. The Morgan fingerprint density at radius 3 is 1.23 bits per heavy atom. The first kappa shape index (κ1) is 45.2. The quantitative estimate of drug-likeness (QED) is 0.0740. The maximum Gasteiger partial charge on any atom is 0.258 e. The molecule has 60 heavy (non-hydrogen) atoms. The van der Waals surface area contributed by atoms with E-state index in [0.717, 1.165) is 31.2 Å². The number of aromatic nitrogens is 2. The molecule has 0 saturated carbocycles. The van der Waals surface area contributed by atoms with Crippen LogP contribution in [0.2, 0.25) is 5.02 Å². The zero-order valence-electron chi connectivity index (χ0n) is 32.4. The van der Waals surface area contributed by atoms with Crippen LogP contribution in [0.4, 0.5) is 23.0 Å². The first-order valence-electron chi connectivity index (χ1n) is 17.9. The molecule has 6 rings (SSSR count). The monoisotopic (exact) mass is 1010 g/mol. The molecule has 0 fully saturated rings. The molecular weight excluding hydrogens is 980 g/mol. The number of pyridine rings is 2. The summed E-state index contributed by atoms with van der Waals surface area (Å²) in [6.07, 6.45) is 3.02. The molecule has 2 heterocycles. The second-order valence-corrected chi connectivity index (χ2v) is 16.4. The second kappa shape index (κ2) is 20.4. The number of benzene rings is 4. The normalized spacial score (nSPS) is 10.4. The van der Waals surface area contributed by atoms with Gasteiger partial charge < -0.3 is 32.1 Å². The van der Waals surface area contributed by atoms with Crippen LogP contribution < -0.4 is 21.3 Å². The van der Waals surface area contributed by atoms with E-state index in [2.05, 4.69) is 79.0 Å². The number of amides is 4. The molecule has 12 nitrogen and oxygen atoms in total. The second-order valence-electron chi connectivity index (χ2n) is 13.2. The van der Waals surface area contributed by atoms with Crippen LogP contribution in [0, 0.1) is 24.7 Å². The highest BCUT2D eigenvalue weighted by Gasteiger charge is 2.20. The topological polar surface area (TPSA) is 190 Å². The molecule has 0 aliphatic heterocycles. The summed E-state index contributed by atoms with van der Waals surface area (Å²) in [6, 6.07) is 27.1. The van der Waals surface area contributed by atoms with E-state index in [9.17, 15) is 19.2 Å². The summed E-state index contributed by atoms with van der Waals surface area (Å²) in [7, 11) is 0. The van der Waals surface area contributed by atoms with Crippen molar-refractivity contribution >= 4 is 117 Å². The maximum absolute atomic E-state index is 12.9. The standard InChI is InChI=1S/C22H18Br2N4O2.C22H18BrClN4O2/c1-12-9-17(24)10-18(22(30)27-19-8-7-16(23)11-26-19)20(12)28-21(29)15-5-3-14(4-6-15)13(2)25;1-12-9-16(23)10-18(22(30)27-19-8-7-17(24)11-26-19)20(12)28-21(29)15-5-3-14(4-6-15)13(2)25/h2*3-11,25H,1-2H3,(H,28,29)(H,26,27,30). The van der Waals surface area contributed by atoms with Gasteiger partial charge in [0.05, 0.1) is 27.5 Å². The molecule has 304 valence electrons. The van der Waals surface area contributed by atoms with Crippen LogP contribution >= 0.6 is 59.4 Å². The minimum Gasteiger partial charge on any atom is -0.321 e. The van der Waals surface area contributed by atoms with Crippen LogP contribution in [0.15, 0.2) is 123 Å². The number of carbonyl (C=O) groups excluding carboxylic acids is 4. The predicted octanol–water partition coefficient (Wildman–Crippen LogP) is 11.5. The highest BCUT2D eigenvalue weighted by molar-refractivity contribution is 9.11. The summed E-state index contributed by atoms with van der Waals surface area (Å²) < 4.78 is 2.23. The number of carbonyl (C=O) groups is 4. The molecule has 6 aromatic rings. The molecule has 6 N–H and O–H groups in total. The van der Waals surface area contributed by atoms with Crippen LogP contribution in [0.5, 0.6) is 0 Å². The molecule has 2 aromatic heterocycles. The largest absolute Gasteiger partial charge is 0.321 e. The third kappa shape index (κ3) is 12.1. The minimum absolute atomic E-state index is 0.291. The summed E-state index contributed by atoms with van der Waals surface area (Å²) in [6.45, 7) is 6.99. The van der Waals surface area contributed by atoms with Crippen molar-refractivity contribution in [1.29, 1.82) is 10.8 Å². The van der Waals surface area contributed by atoms with Gasteiger partial charge in [-0.1, -0.05) is 67.7 Å². The van der Waals surface area contributed by atoms with Crippen molar-refractivity contribution in [3.63, 3.8) is 0 Å². The third-order valence-corrected chi connectivity index (χ3v) is 10.3. The van der Waals surface area contributed by atoms with Crippen molar-refractivity contribution in [1.82, 2.24) is 9.97 Å². The van der Waals surface area contributed by atoms with Gasteiger partial charge in [-0.25, -0.2) is 9.97 Å². The van der Waals surface area contributed by atoms with Crippen LogP contribution in [0.25, 0.3) is 0 Å². The Kier molecular flexibility index (Phi) is 15.4. The molecular formula is C44H36Br3ClN8O4. The van der Waals surface area contributed by atoms with Gasteiger partial charge in [-0.2, -0.15) is 0 Å². The van der Waals surface area contributed by atoms with Crippen molar-refractivity contribution in [2.75, 3.05) is 21.3 Å². The lowest BCUT2D eigenvalue weighted by Gasteiger charge is -2.15. The fourth-order valence-electron chi connectivity index (χ4n) is 5.56. The number of nitrogens with one attached hydrogen (secondary N) is 6. The zero-order chi connectivity index (χ0) is 43.7. The molecule has 16 heteroatoms. The summed E-state index contributed by atoms with van der Waals surface area (Å²) in [5.74, 6) is -0.759. The van der Waals surface area contributed by atoms with E-state index < -0.39 is 5.91 Å². The zero-order valence-corrected chi connectivity index (χ0v) is 37.9. The molecule has 0 aliphatic rings. The Balaban J connectivity index is 0.000000228. The van der Waals surface area contributed by atoms with Crippen LogP contribution in [-0.4, -0.2) is 45.0 Å². The smallest absolute Gasteiger partial charge is 0.258 e. The van der Waals surface area contributed by atoms with Gasteiger partial charge in [0.1, 0.15) is 11.6 Å². The Hall–Kier alpha value is -5.87. The number of hydrogen-bond donors (Lipinski definition) is 6. The number of nitrogens with zero attached hydrogens (tertiary/aromatic N) is 2. The van der Waals surface area contributed by atoms with Crippen LogP contribution in [0.1, 0.15) is 77.5 Å². The molecule has 0 unspecified atom stereocenters. The van der Waals surface area contributed by atoms with Crippen molar-refractivity contribution in [2.24, 2.45) is 0 Å². The van der Waals surface area contributed by atoms with E-state index in [0.29, 0.717) is 66.2 Å². The lowest BCUT2D eigenvalue weighted by Crippen LogP contribution is -2.19. The SMILES string of the molecule is CC(=N)c1ccc(C(=O)Nc2c(C)cc(Br)cc2C(=O)Nc2ccc(Br)cn2)cc1.CC(=N)c1ccc(C(=O)Nc2c(C)cc(Br)cc2C(=O)Nc2ccc(Cl)cn2)cc1. The average molecular weight is 1020 g/mol. The van der Waals surface area contributed by atoms with E-state index in [1.54, 1.807) is 112 Å². The van der Waals surface area contributed by atoms with Crippen molar-refractivity contribution in [2.45, 2.75) is 27.7 Å². The molecule has 4 aromatic carbocycles. The number of anilines is 4. The van der Waals surface area contributed by atoms with Crippen LogP contribution in [-0.2, 0) is 0 Å². The minimum atomic E-state index is -0.417. The maximum atomic E-state index is 12.9. The van der Waals surface area contributed by atoms with E-state index >= 15 is 0 Å². The highest BCUT2D eigenvalue weighted by atomic mass is 79.9. The van der Waals surface area contributed by atoms with Gasteiger partial charge >= 0.3 is 0 Å². The molecule has 0 saturated heterocycles. The van der Waals surface area contributed by atoms with Gasteiger partial charge in [0.25, 0.3) is 23.6 Å². The molecule has 0 atom stereocenters. The number of hydrogen-bond acceptors (Lipinski definition) is 8. The van der Waals surface area contributed by atoms with Crippen LogP contribution in [0.3, 0.4) is 0 Å². The summed E-state index contributed by atoms with van der Waals surface area (Å²) in [5, 5.41) is 26.9. The van der Waals surface area contributed by atoms with Gasteiger partial charge in [0.15, 0.2) is 0 Å². The molecule has 0 radical (unpaired) electrons. The first-order chi connectivity index (χ1) is 28.5. The molecule has 0 spiro atoms. The van der Waals surface area contributed by atoms with E-state index in [-0.39, 0.29) is 17.7 Å². The summed E-state index contributed by atoms with van der Waals surface area (Å²) in [4.78, 5) is 59.6. The van der Waals surface area contributed by atoms with Gasteiger partial charge in [0, 0.05) is 48.4 Å². The van der Waals surface area contributed by atoms with Gasteiger partial charge in [-0.3, -0.25) is 19.2 Å². The van der Waals surface area contributed by atoms with E-state index in [1.165, 1.54) is 6.20 Å². The third-order valence-electron chi connectivity index (χ3n) is 8.67. The summed E-state index contributed by atoms with van der Waals surface area (Å²) in [5.41, 5.74) is 6.06.